The minimum absolute atomic E-state index is 0.126. The molecule has 0 fully saturated rings. The molecule has 0 aliphatic rings. The molecular weight excluding hydrogens is 462 g/mol. The van der Waals surface area contributed by atoms with Crippen molar-refractivity contribution in [2.45, 2.75) is 13.0 Å². The first-order valence-electron chi connectivity index (χ1n) is 11.5. The van der Waals surface area contributed by atoms with Crippen LogP contribution in [0.2, 0.25) is 0 Å². The number of aromatic amines is 1. The Kier molecular flexibility index (Phi) is 7.67. The number of nitrogens with zero attached hydrogens (tertiary/aromatic N) is 2. The topological polar surface area (TPSA) is 133 Å². The molecule has 188 valence electrons. The van der Waals surface area contributed by atoms with Gasteiger partial charge in [0.15, 0.2) is 11.5 Å². The minimum Gasteiger partial charge on any atom is -0.493 e. The lowest BCUT2D eigenvalue weighted by molar-refractivity contribution is 0.324. The smallest absolute Gasteiger partial charge is 0.282 e. The molecule has 4 rings (SSSR count). The average Bonchev–Trinajstić information content (AvgIpc) is 2.90. The van der Waals surface area contributed by atoms with Crippen molar-refractivity contribution in [1.29, 1.82) is 0 Å². The Hall–Kier alpha value is -4.15. The lowest BCUT2D eigenvalue weighted by Crippen LogP contribution is -2.21. The van der Waals surface area contributed by atoms with Crippen LogP contribution in [0, 0.1) is 0 Å². The molecule has 0 saturated heterocycles. The maximum atomic E-state index is 13.0. The van der Waals surface area contributed by atoms with Gasteiger partial charge in [0.2, 0.25) is 11.5 Å². The van der Waals surface area contributed by atoms with E-state index in [4.69, 9.17) is 19.9 Å². The number of hydrogen-bond donors (Lipinski definition) is 3. The molecule has 10 nitrogen and oxygen atoms in total. The second kappa shape index (κ2) is 11.1. The summed E-state index contributed by atoms with van der Waals surface area (Å²) in [6.45, 7) is 2.20. The minimum atomic E-state index is -0.443. The zero-order valence-corrected chi connectivity index (χ0v) is 20.5. The summed E-state index contributed by atoms with van der Waals surface area (Å²) < 4.78 is 17.5. The average molecular weight is 492 g/mol. The third-order valence-electron chi connectivity index (χ3n) is 5.80. The van der Waals surface area contributed by atoms with E-state index in [0.29, 0.717) is 52.7 Å². The van der Waals surface area contributed by atoms with Gasteiger partial charge in [-0.25, -0.2) is 0 Å². The van der Waals surface area contributed by atoms with Crippen molar-refractivity contribution in [3.05, 3.63) is 74.9 Å². The second-order valence-corrected chi connectivity index (χ2v) is 8.10. The van der Waals surface area contributed by atoms with E-state index in [1.807, 2.05) is 24.3 Å². The maximum Gasteiger partial charge on any atom is 0.282 e. The predicted molar refractivity (Wildman–Crippen MR) is 138 cm³/mol. The molecule has 0 radical (unpaired) electrons. The summed E-state index contributed by atoms with van der Waals surface area (Å²) in [6, 6.07) is 12.4. The standard InChI is InChI=1S/C26H29N5O5/c1-34-21-11-18(12-22(35-2)24(21)36-3)20-13-23(32)31-15-19(25(33)30-26(31)29-20)17-7-5-16(6-8-17)14-28-10-4-9-27/h5-8,11-13,15,28H,4,9-10,14,27H2,1-3H3,(H,29,30,33). The number of ether oxygens (including phenoxy) is 3. The highest BCUT2D eigenvalue weighted by atomic mass is 16.5. The van der Waals surface area contributed by atoms with Gasteiger partial charge >= 0.3 is 0 Å². The fourth-order valence-electron chi connectivity index (χ4n) is 3.91. The number of nitrogens with two attached hydrogens (primary N) is 1. The Labute approximate surface area is 207 Å². The SMILES string of the molecule is COc1cc(-c2cc(=O)n3cc(-c4ccc(CNCCCN)cc4)c(=O)nc3[nH]2)cc(OC)c1OC. The van der Waals surface area contributed by atoms with Gasteiger partial charge in [-0.3, -0.25) is 14.0 Å². The fraction of sp³-hybridized carbons (Fsp3) is 0.269. The molecule has 0 amide bonds. The van der Waals surface area contributed by atoms with E-state index >= 15 is 0 Å². The Morgan fingerprint density at radius 3 is 2.28 bits per heavy atom. The van der Waals surface area contributed by atoms with Gasteiger partial charge in [-0.05, 0) is 42.8 Å². The van der Waals surface area contributed by atoms with Gasteiger partial charge < -0.3 is 30.2 Å². The molecule has 0 aliphatic heterocycles. The third kappa shape index (κ3) is 5.09. The van der Waals surface area contributed by atoms with Crippen molar-refractivity contribution in [1.82, 2.24) is 19.7 Å². The second-order valence-electron chi connectivity index (χ2n) is 8.10. The summed E-state index contributed by atoms with van der Waals surface area (Å²) in [5.41, 5.74) is 7.88. The normalized spacial score (nSPS) is 11.0. The van der Waals surface area contributed by atoms with Gasteiger partial charge in [-0.1, -0.05) is 24.3 Å². The van der Waals surface area contributed by atoms with E-state index < -0.39 is 5.56 Å². The van der Waals surface area contributed by atoms with E-state index in [1.165, 1.54) is 38.0 Å². The monoisotopic (exact) mass is 491 g/mol. The highest BCUT2D eigenvalue weighted by Crippen LogP contribution is 2.40. The van der Waals surface area contributed by atoms with Crippen LogP contribution in [0.15, 0.2) is 58.3 Å². The van der Waals surface area contributed by atoms with E-state index in [9.17, 15) is 9.59 Å². The van der Waals surface area contributed by atoms with Crippen LogP contribution in [0.4, 0.5) is 0 Å². The van der Waals surface area contributed by atoms with Gasteiger partial charge in [0.05, 0.1) is 32.6 Å². The van der Waals surface area contributed by atoms with Crippen molar-refractivity contribution < 1.29 is 14.2 Å². The largest absolute Gasteiger partial charge is 0.493 e. The van der Waals surface area contributed by atoms with Crippen LogP contribution < -0.4 is 36.4 Å². The highest BCUT2D eigenvalue weighted by molar-refractivity contribution is 5.70. The number of benzene rings is 2. The van der Waals surface area contributed by atoms with Crippen molar-refractivity contribution in [2.24, 2.45) is 5.73 Å². The first-order valence-corrected chi connectivity index (χ1v) is 11.5. The van der Waals surface area contributed by atoms with Crippen molar-refractivity contribution in [3.63, 3.8) is 0 Å². The van der Waals surface area contributed by atoms with Crippen molar-refractivity contribution in [2.75, 3.05) is 34.4 Å². The Bertz CT molecular complexity index is 1450. The van der Waals surface area contributed by atoms with Gasteiger partial charge in [0.1, 0.15) is 0 Å². The summed E-state index contributed by atoms with van der Waals surface area (Å²) in [5.74, 6) is 1.43. The summed E-state index contributed by atoms with van der Waals surface area (Å²) in [5, 5.41) is 3.32. The highest BCUT2D eigenvalue weighted by Gasteiger charge is 2.16. The predicted octanol–water partition coefficient (Wildman–Crippen LogP) is 2.18. The van der Waals surface area contributed by atoms with Crippen LogP contribution in [-0.4, -0.2) is 48.8 Å². The number of hydrogen-bond acceptors (Lipinski definition) is 8. The number of methoxy groups -OCH3 is 3. The molecule has 0 atom stereocenters. The van der Waals surface area contributed by atoms with E-state index in [2.05, 4.69) is 15.3 Å². The van der Waals surface area contributed by atoms with Crippen molar-refractivity contribution >= 4 is 5.78 Å². The molecule has 2 aromatic carbocycles. The lowest BCUT2D eigenvalue weighted by atomic mass is 10.1. The molecule has 10 heteroatoms. The molecule has 36 heavy (non-hydrogen) atoms. The number of nitrogens with one attached hydrogen (secondary N) is 2. The van der Waals surface area contributed by atoms with Crippen LogP contribution >= 0.6 is 0 Å². The van der Waals surface area contributed by atoms with Crippen molar-refractivity contribution in [3.8, 4) is 39.6 Å². The Balaban J connectivity index is 1.70. The zero-order valence-electron chi connectivity index (χ0n) is 20.5. The zero-order chi connectivity index (χ0) is 25.7. The molecule has 2 heterocycles. The number of fused-ring (bicyclic) bond motifs is 1. The summed E-state index contributed by atoms with van der Waals surface area (Å²) in [6.07, 6.45) is 2.42. The van der Waals surface area contributed by atoms with Gasteiger partial charge in [-0.2, -0.15) is 4.98 Å². The number of rotatable bonds is 10. The molecule has 0 spiro atoms. The summed E-state index contributed by atoms with van der Waals surface area (Å²) in [4.78, 5) is 33.1. The Morgan fingerprint density at radius 1 is 0.972 bits per heavy atom. The summed E-state index contributed by atoms with van der Waals surface area (Å²) in [7, 11) is 4.54. The van der Waals surface area contributed by atoms with Crippen LogP contribution in [-0.2, 0) is 6.54 Å². The molecule has 0 bridgehead atoms. The Morgan fingerprint density at radius 2 is 1.67 bits per heavy atom. The van der Waals surface area contributed by atoms with Crippen LogP contribution in [0.5, 0.6) is 17.2 Å². The van der Waals surface area contributed by atoms with Crippen LogP contribution in [0.25, 0.3) is 28.2 Å². The lowest BCUT2D eigenvalue weighted by Gasteiger charge is -2.14. The van der Waals surface area contributed by atoms with Gasteiger partial charge in [-0.15, -0.1) is 0 Å². The number of H-pyrrole nitrogens is 1. The summed E-state index contributed by atoms with van der Waals surface area (Å²) >= 11 is 0. The van der Waals surface area contributed by atoms with E-state index in [-0.39, 0.29) is 11.3 Å². The van der Waals surface area contributed by atoms with Gasteiger partial charge in [0, 0.05) is 24.4 Å². The fourth-order valence-corrected chi connectivity index (χ4v) is 3.91. The molecule has 2 aromatic heterocycles. The van der Waals surface area contributed by atoms with Crippen LogP contribution in [0.3, 0.4) is 0 Å². The molecule has 0 unspecified atom stereocenters. The first-order chi connectivity index (χ1) is 17.5. The molecule has 0 saturated carbocycles. The molecule has 4 aromatic rings. The molecular formula is C26H29N5O5. The van der Waals surface area contributed by atoms with Crippen LogP contribution in [0.1, 0.15) is 12.0 Å². The van der Waals surface area contributed by atoms with E-state index in [0.717, 1.165) is 18.5 Å². The maximum absolute atomic E-state index is 13.0. The molecule has 4 N–H and O–H groups in total. The first kappa shape index (κ1) is 25.0. The third-order valence-corrected chi connectivity index (χ3v) is 5.80. The number of aromatic nitrogens is 3. The molecule has 0 aliphatic carbocycles. The van der Waals surface area contributed by atoms with Gasteiger partial charge in [0.25, 0.3) is 11.1 Å². The quantitative estimate of drug-likeness (QED) is 0.288. The van der Waals surface area contributed by atoms with E-state index in [1.54, 1.807) is 12.1 Å².